The van der Waals surface area contributed by atoms with Gasteiger partial charge in [0.15, 0.2) is 4.80 Å². The molecule has 0 saturated carbocycles. The Hall–Kier alpha value is -4.02. The third kappa shape index (κ3) is 6.81. The predicted molar refractivity (Wildman–Crippen MR) is 167 cm³/mol. The van der Waals surface area contributed by atoms with E-state index in [2.05, 4.69) is 20.9 Å². The molecule has 43 heavy (non-hydrogen) atoms. The summed E-state index contributed by atoms with van der Waals surface area (Å²) in [6.45, 7) is 8.04. The van der Waals surface area contributed by atoms with Gasteiger partial charge in [-0.1, -0.05) is 41.7 Å². The Morgan fingerprint density at radius 3 is 2.47 bits per heavy atom. The van der Waals surface area contributed by atoms with Gasteiger partial charge in [0.1, 0.15) is 23.9 Å². The second-order valence-corrected chi connectivity index (χ2v) is 12.0. The van der Waals surface area contributed by atoms with Crippen LogP contribution in [0.3, 0.4) is 0 Å². The molecule has 1 atom stereocenters. The van der Waals surface area contributed by atoms with Gasteiger partial charge in [-0.15, -0.1) is 0 Å². The number of fused-ring (bicyclic) bond motifs is 1. The quantitative estimate of drug-likeness (QED) is 0.203. The van der Waals surface area contributed by atoms with Gasteiger partial charge in [0.25, 0.3) is 5.56 Å². The standard InChI is InChI=1S/C33H30BrFN2O5S/c1-5-40-25-13-9-23(10-14-25)30-29(32(39)42-19(2)3)20(4)36-33-37(30)31(38)28(43-33)17-22-8-15-27(26(34)16-22)41-18-21-6-11-24(35)12-7-21/h6-17,19,30H,5,18H2,1-4H3/b28-17+/t30-/m1/s1. The Balaban J connectivity index is 1.51. The lowest BCUT2D eigenvalue weighted by atomic mass is 9.96. The van der Waals surface area contributed by atoms with E-state index in [1.165, 1.54) is 23.5 Å². The van der Waals surface area contributed by atoms with E-state index in [1.807, 2.05) is 49.4 Å². The molecule has 5 rings (SSSR count). The number of allylic oxidation sites excluding steroid dienone is 1. The molecular weight excluding hydrogens is 635 g/mol. The van der Waals surface area contributed by atoms with Crippen molar-refractivity contribution in [2.75, 3.05) is 6.61 Å². The number of esters is 1. The van der Waals surface area contributed by atoms with Gasteiger partial charge in [-0.3, -0.25) is 9.36 Å². The number of benzene rings is 3. The molecule has 7 nitrogen and oxygen atoms in total. The van der Waals surface area contributed by atoms with E-state index >= 15 is 0 Å². The van der Waals surface area contributed by atoms with Crippen molar-refractivity contribution in [1.82, 2.24) is 4.57 Å². The van der Waals surface area contributed by atoms with Crippen LogP contribution in [0.2, 0.25) is 0 Å². The summed E-state index contributed by atoms with van der Waals surface area (Å²) in [5.74, 6) is 0.500. The third-order valence-electron chi connectivity index (χ3n) is 6.65. The highest BCUT2D eigenvalue weighted by molar-refractivity contribution is 9.10. The fourth-order valence-electron chi connectivity index (χ4n) is 4.71. The predicted octanol–water partition coefficient (Wildman–Crippen LogP) is 6.07. The molecule has 10 heteroatoms. The topological polar surface area (TPSA) is 79.1 Å². The molecule has 0 radical (unpaired) electrons. The Kier molecular flexibility index (Phi) is 9.27. The Morgan fingerprint density at radius 1 is 1.09 bits per heavy atom. The number of halogens is 2. The van der Waals surface area contributed by atoms with Crippen molar-refractivity contribution in [1.29, 1.82) is 0 Å². The van der Waals surface area contributed by atoms with Gasteiger partial charge in [-0.2, -0.15) is 0 Å². The molecule has 3 aromatic carbocycles. The molecule has 1 aromatic heterocycles. The molecule has 0 saturated heterocycles. The van der Waals surface area contributed by atoms with E-state index in [4.69, 9.17) is 14.2 Å². The first-order valence-electron chi connectivity index (χ1n) is 13.8. The summed E-state index contributed by atoms with van der Waals surface area (Å²) in [4.78, 5) is 32.4. The maximum atomic E-state index is 13.9. The highest BCUT2D eigenvalue weighted by Crippen LogP contribution is 2.32. The first-order valence-corrected chi connectivity index (χ1v) is 15.4. The van der Waals surface area contributed by atoms with Crippen LogP contribution >= 0.6 is 27.3 Å². The van der Waals surface area contributed by atoms with Gasteiger partial charge in [-0.25, -0.2) is 14.2 Å². The number of hydrogen-bond donors (Lipinski definition) is 0. The molecule has 0 aliphatic carbocycles. The minimum absolute atomic E-state index is 0.266. The van der Waals surface area contributed by atoms with Crippen molar-refractivity contribution < 1.29 is 23.4 Å². The zero-order valence-corrected chi connectivity index (χ0v) is 26.5. The van der Waals surface area contributed by atoms with E-state index in [0.717, 1.165) is 16.7 Å². The summed E-state index contributed by atoms with van der Waals surface area (Å²) >= 11 is 4.81. The average Bonchev–Trinajstić information content (AvgIpc) is 3.27. The molecule has 0 bridgehead atoms. The van der Waals surface area contributed by atoms with Crippen LogP contribution in [0.4, 0.5) is 4.39 Å². The zero-order chi connectivity index (χ0) is 30.7. The van der Waals surface area contributed by atoms with E-state index in [9.17, 15) is 14.0 Å². The normalized spacial score (nSPS) is 14.9. The minimum Gasteiger partial charge on any atom is -0.494 e. The molecular formula is C33H30BrFN2O5S. The lowest BCUT2D eigenvalue weighted by Crippen LogP contribution is -2.40. The molecule has 4 aromatic rings. The summed E-state index contributed by atoms with van der Waals surface area (Å²) in [7, 11) is 0. The van der Waals surface area contributed by atoms with Gasteiger partial charge in [-0.05, 0) is 103 Å². The summed E-state index contributed by atoms with van der Waals surface area (Å²) in [5, 5.41) is 0. The summed E-state index contributed by atoms with van der Waals surface area (Å²) in [6, 6.07) is 18.3. The number of carbonyl (C=O) groups is 1. The number of aromatic nitrogens is 1. The first-order chi connectivity index (χ1) is 20.6. The van der Waals surface area contributed by atoms with Crippen LogP contribution < -0.4 is 24.4 Å². The van der Waals surface area contributed by atoms with Crippen molar-refractivity contribution in [3.05, 3.63) is 125 Å². The van der Waals surface area contributed by atoms with E-state index in [0.29, 0.717) is 43.2 Å². The minimum atomic E-state index is -0.714. The fourth-order valence-corrected chi connectivity index (χ4v) is 6.26. The second-order valence-electron chi connectivity index (χ2n) is 10.1. The van der Waals surface area contributed by atoms with E-state index in [-0.39, 0.29) is 24.1 Å². The smallest absolute Gasteiger partial charge is 0.338 e. The number of carbonyl (C=O) groups excluding carboxylic acids is 1. The van der Waals surface area contributed by atoms with Crippen LogP contribution in [0.25, 0.3) is 6.08 Å². The molecule has 0 N–H and O–H groups in total. The second kappa shape index (κ2) is 13.1. The van der Waals surface area contributed by atoms with Crippen LogP contribution in [-0.4, -0.2) is 23.2 Å². The fraction of sp³-hybridized carbons (Fsp3) is 0.242. The first kappa shape index (κ1) is 30.4. The Morgan fingerprint density at radius 2 is 1.81 bits per heavy atom. The van der Waals surface area contributed by atoms with Gasteiger partial charge in [0.05, 0.1) is 39.0 Å². The van der Waals surface area contributed by atoms with Crippen molar-refractivity contribution in [2.45, 2.75) is 46.4 Å². The lowest BCUT2D eigenvalue weighted by molar-refractivity contribution is -0.143. The number of hydrogen-bond acceptors (Lipinski definition) is 7. The average molecular weight is 666 g/mol. The molecule has 0 amide bonds. The molecule has 2 heterocycles. The molecule has 1 aliphatic heterocycles. The Labute approximate surface area is 260 Å². The monoisotopic (exact) mass is 664 g/mol. The summed E-state index contributed by atoms with van der Waals surface area (Å²) in [6.07, 6.45) is 1.46. The summed E-state index contributed by atoms with van der Waals surface area (Å²) < 4.78 is 33.0. The molecule has 0 fully saturated rings. The third-order valence-corrected chi connectivity index (χ3v) is 8.26. The van der Waals surface area contributed by atoms with Crippen LogP contribution in [0.1, 0.15) is 50.4 Å². The van der Waals surface area contributed by atoms with Gasteiger partial charge >= 0.3 is 5.97 Å². The van der Waals surface area contributed by atoms with E-state index < -0.39 is 12.0 Å². The number of thiazole rings is 1. The van der Waals surface area contributed by atoms with E-state index in [1.54, 1.807) is 43.5 Å². The lowest BCUT2D eigenvalue weighted by Gasteiger charge is -2.25. The van der Waals surface area contributed by atoms with Crippen molar-refractivity contribution in [3.8, 4) is 11.5 Å². The Bertz CT molecular complexity index is 1860. The highest BCUT2D eigenvalue weighted by Gasteiger charge is 2.33. The van der Waals surface area contributed by atoms with Crippen molar-refractivity contribution in [3.63, 3.8) is 0 Å². The molecule has 1 aliphatic rings. The number of nitrogens with zero attached hydrogens (tertiary/aromatic N) is 2. The molecule has 0 spiro atoms. The van der Waals surface area contributed by atoms with Crippen molar-refractivity contribution >= 4 is 39.3 Å². The molecule has 0 unspecified atom stereocenters. The van der Waals surface area contributed by atoms with Crippen LogP contribution in [0.5, 0.6) is 11.5 Å². The van der Waals surface area contributed by atoms with Crippen LogP contribution in [-0.2, 0) is 16.1 Å². The van der Waals surface area contributed by atoms with Crippen LogP contribution in [0, 0.1) is 5.82 Å². The number of ether oxygens (including phenoxy) is 3. The van der Waals surface area contributed by atoms with Crippen LogP contribution in [0.15, 0.2) is 92.3 Å². The molecule has 222 valence electrons. The van der Waals surface area contributed by atoms with Crippen molar-refractivity contribution in [2.24, 2.45) is 4.99 Å². The number of rotatable bonds is 9. The maximum Gasteiger partial charge on any atom is 0.338 e. The summed E-state index contributed by atoms with van der Waals surface area (Å²) in [5.41, 5.74) is 2.92. The van der Waals surface area contributed by atoms with Gasteiger partial charge < -0.3 is 14.2 Å². The van der Waals surface area contributed by atoms with Gasteiger partial charge in [0.2, 0.25) is 0 Å². The highest BCUT2D eigenvalue weighted by atomic mass is 79.9. The van der Waals surface area contributed by atoms with Gasteiger partial charge in [0, 0.05) is 0 Å². The maximum absolute atomic E-state index is 13.9. The largest absolute Gasteiger partial charge is 0.494 e. The SMILES string of the molecule is CCOc1ccc([C@@H]2C(C(=O)OC(C)C)=C(C)N=c3s/c(=C/c4ccc(OCc5ccc(F)cc5)c(Br)c4)c(=O)n32)cc1. The zero-order valence-electron chi connectivity index (χ0n) is 24.1.